The van der Waals surface area contributed by atoms with Crippen molar-refractivity contribution in [3.05, 3.63) is 35.4 Å². The van der Waals surface area contributed by atoms with E-state index in [-0.39, 0.29) is 6.04 Å². The summed E-state index contributed by atoms with van der Waals surface area (Å²) in [5.41, 5.74) is 9.23. The van der Waals surface area contributed by atoms with Crippen molar-refractivity contribution in [1.82, 2.24) is 0 Å². The van der Waals surface area contributed by atoms with E-state index >= 15 is 0 Å². The van der Waals surface area contributed by atoms with Gasteiger partial charge in [-0.1, -0.05) is 56.9 Å². The van der Waals surface area contributed by atoms with Gasteiger partial charge in [0.25, 0.3) is 0 Å². The Balaban J connectivity index is 2.06. The minimum Gasteiger partial charge on any atom is -0.324 e. The van der Waals surface area contributed by atoms with Gasteiger partial charge in [-0.15, -0.1) is 0 Å². The summed E-state index contributed by atoms with van der Waals surface area (Å²) in [7, 11) is 0. The van der Waals surface area contributed by atoms with Crippen LogP contribution in [0.2, 0.25) is 0 Å². The lowest BCUT2D eigenvalue weighted by atomic mass is 9.81. The van der Waals surface area contributed by atoms with E-state index in [9.17, 15) is 0 Å². The fourth-order valence-corrected chi connectivity index (χ4v) is 3.01. The number of rotatable bonds is 4. The molecule has 17 heavy (non-hydrogen) atoms. The van der Waals surface area contributed by atoms with Crippen molar-refractivity contribution in [3.8, 4) is 0 Å². The van der Waals surface area contributed by atoms with Crippen LogP contribution in [0.3, 0.4) is 0 Å². The maximum atomic E-state index is 6.43. The molecule has 1 saturated carbocycles. The quantitative estimate of drug-likeness (QED) is 0.825. The van der Waals surface area contributed by atoms with Crippen molar-refractivity contribution in [2.45, 2.75) is 57.9 Å². The van der Waals surface area contributed by atoms with Crippen LogP contribution in [-0.4, -0.2) is 0 Å². The molecule has 1 aromatic rings. The summed E-state index contributed by atoms with van der Waals surface area (Å²) in [6, 6.07) is 9.18. The molecule has 0 aliphatic heterocycles. The Morgan fingerprint density at radius 3 is 2.71 bits per heavy atom. The molecule has 0 heterocycles. The number of hydrogen-bond acceptors (Lipinski definition) is 1. The van der Waals surface area contributed by atoms with E-state index in [4.69, 9.17) is 5.73 Å². The van der Waals surface area contributed by atoms with Gasteiger partial charge in [0, 0.05) is 6.04 Å². The van der Waals surface area contributed by atoms with Crippen LogP contribution in [0.4, 0.5) is 0 Å². The van der Waals surface area contributed by atoms with E-state index in [0.29, 0.717) is 5.92 Å². The Hall–Kier alpha value is -0.820. The first-order valence-electron chi connectivity index (χ1n) is 7.15. The molecule has 0 saturated heterocycles. The first-order chi connectivity index (χ1) is 8.31. The number of aryl methyl sites for hydroxylation is 1. The molecular formula is C16H25N. The molecule has 0 bridgehead atoms. The minimum atomic E-state index is 0.257. The fraction of sp³-hybridized carbons (Fsp3) is 0.625. The molecule has 1 aliphatic rings. The second kappa shape index (κ2) is 6.20. The highest BCUT2D eigenvalue weighted by Gasteiger charge is 2.21. The van der Waals surface area contributed by atoms with Gasteiger partial charge in [0.15, 0.2) is 0 Å². The van der Waals surface area contributed by atoms with Crippen molar-refractivity contribution in [3.63, 3.8) is 0 Å². The van der Waals surface area contributed by atoms with Crippen molar-refractivity contribution in [2.75, 3.05) is 0 Å². The second-order valence-electron chi connectivity index (χ2n) is 5.42. The summed E-state index contributed by atoms with van der Waals surface area (Å²) in [4.78, 5) is 0. The molecule has 2 N–H and O–H groups in total. The molecule has 1 aromatic carbocycles. The van der Waals surface area contributed by atoms with Gasteiger partial charge in [-0.05, 0) is 36.3 Å². The molecule has 0 spiro atoms. The zero-order chi connectivity index (χ0) is 12.1. The molecule has 1 fully saturated rings. The zero-order valence-corrected chi connectivity index (χ0v) is 11.0. The minimum absolute atomic E-state index is 0.257. The van der Waals surface area contributed by atoms with Crippen molar-refractivity contribution in [2.24, 2.45) is 11.7 Å². The van der Waals surface area contributed by atoms with E-state index < -0.39 is 0 Å². The molecule has 94 valence electrons. The summed E-state index contributed by atoms with van der Waals surface area (Å²) in [5, 5.41) is 0. The van der Waals surface area contributed by atoms with Crippen LogP contribution in [0.1, 0.15) is 62.6 Å². The van der Waals surface area contributed by atoms with Crippen LogP contribution in [0, 0.1) is 5.92 Å². The predicted octanol–water partition coefficient (Wildman–Crippen LogP) is 4.22. The van der Waals surface area contributed by atoms with Crippen molar-refractivity contribution < 1.29 is 0 Å². The SMILES string of the molecule is CCCc1cccc(C(N)C2CCCCC2)c1. The summed E-state index contributed by atoms with van der Waals surface area (Å²) in [5.74, 6) is 0.709. The van der Waals surface area contributed by atoms with E-state index in [2.05, 4.69) is 31.2 Å². The Bertz CT molecular complexity index is 339. The molecule has 0 radical (unpaired) electrons. The molecule has 0 aromatic heterocycles. The maximum absolute atomic E-state index is 6.43. The summed E-state index contributed by atoms with van der Waals surface area (Å²) < 4.78 is 0. The molecular weight excluding hydrogens is 206 g/mol. The fourth-order valence-electron chi connectivity index (χ4n) is 3.01. The van der Waals surface area contributed by atoms with E-state index in [0.717, 1.165) is 0 Å². The highest BCUT2D eigenvalue weighted by Crippen LogP contribution is 2.33. The lowest BCUT2D eigenvalue weighted by Gasteiger charge is -2.28. The molecule has 0 amide bonds. The Morgan fingerprint density at radius 2 is 2.00 bits per heavy atom. The third-order valence-electron chi connectivity index (χ3n) is 4.03. The second-order valence-corrected chi connectivity index (χ2v) is 5.42. The molecule has 1 atom stereocenters. The van der Waals surface area contributed by atoms with Gasteiger partial charge in [0.1, 0.15) is 0 Å². The summed E-state index contributed by atoms with van der Waals surface area (Å²) >= 11 is 0. The highest BCUT2D eigenvalue weighted by atomic mass is 14.7. The van der Waals surface area contributed by atoms with Crippen LogP contribution >= 0.6 is 0 Å². The zero-order valence-electron chi connectivity index (χ0n) is 11.0. The lowest BCUT2D eigenvalue weighted by molar-refractivity contribution is 0.308. The smallest absolute Gasteiger partial charge is 0.0323 e. The largest absolute Gasteiger partial charge is 0.324 e. The summed E-state index contributed by atoms with van der Waals surface area (Å²) in [6.07, 6.45) is 9.16. The van der Waals surface area contributed by atoms with Gasteiger partial charge >= 0.3 is 0 Å². The normalized spacial score (nSPS) is 19.2. The van der Waals surface area contributed by atoms with E-state index in [1.54, 1.807) is 0 Å². The van der Waals surface area contributed by atoms with Gasteiger partial charge in [0.2, 0.25) is 0 Å². The number of benzene rings is 1. The van der Waals surface area contributed by atoms with Crippen molar-refractivity contribution >= 4 is 0 Å². The van der Waals surface area contributed by atoms with Gasteiger partial charge in [-0.3, -0.25) is 0 Å². The Morgan fingerprint density at radius 1 is 1.24 bits per heavy atom. The van der Waals surface area contributed by atoms with Crippen LogP contribution in [0.5, 0.6) is 0 Å². The standard InChI is InChI=1S/C16H25N/c1-2-7-13-8-6-11-15(12-13)16(17)14-9-4-3-5-10-14/h6,8,11-12,14,16H,2-5,7,9-10,17H2,1H3. The van der Waals surface area contributed by atoms with Crippen LogP contribution in [-0.2, 0) is 6.42 Å². The monoisotopic (exact) mass is 231 g/mol. The third kappa shape index (κ3) is 3.32. The van der Waals surface area contributed by atoms with E-state index in [1.807, 2.05) is 0 Å². The molecule has 1 heteroatoms. The molecule has 1 unspecified atom stereocenters. The number of nitrogens with two attached hydrogens (primary N) is 1. The van der Waals surface area contributed by atoms with Crippen LogP contribution < -0.4 is 5.73 Å². The average molecular weight is 231 g/mol. The Labute approximate surface area is 105 Å². The molecule has 1 aliphatic carbocycles. The molecule has 1 nitrogen and oxygen atoms in total. The van der Waals surface area contributed by atoms with Crippen molar-refractivity contribution in [1.29, 1.82) is 0 Å². The van der Waals surface area contributed by atoms with Crippen LogP contribution in [0.25, 0.3) is 0 Å². The van der Waals surface area contributed by atoms with Gasteiger partial charge in [-0.2, -0.15) is 0 Å². The van der Waals surface area contributed by atoms with Gasteiger partial charge in [-0.25, -0.2) is 0 Å². The van der Waals surface area contributed by atoms with Gasteiger partial charge < -0.3 is 5.73 Å². The summed E-state index contributed by atoms with van der Waals surface area (Å²) in [6.45, 7) is 2.23. The number of hydrogen-bond donors (Lipinski definition) is 1. The topological polar surface area (TPSA) is 26.0 Å². The first kappa shape index (κ1) is 12.6. The predicted molar refractivity (Wildman–Crippen MR) is 73.9 cm³/mol. The Kier molecular flexibility index (Phi) is 4.61. The van der Waals surface area contributed by atoms with Crippen LogP contribution in [0.15, 0.2) is 24.3 Å². The maximum Gasteiger partial charge on any atom is 0.0323 e. The molecule has 2 rings (SSSR count). The lowest BCUT2D eigenvalue weighted by Crippen LogP contribution is -2.23. The average Bonchev–Trinajstić information content (AvgIpc) is 2.40. The first-order valence-corrected chi connectivity index (χ1v) is 7.15. The van der Waals surface area contributed by atoms with Gasteiger partial charge in [0.05, 0.1) is 0 Å². The van der Waals surface area contributed by atoms with E-state index in [1.165, 1.54) is 56.1 Å². The third-order valence-corrected chi connectivity index (χ3v) is 4.03. The highest BCUT2D eigenvalue weighted by molar-refractivity contribution is 5.26.